The Labute approximate surface area is 157 Å². The van der Waals surface area contributed by atoms with Crippen molar-refractivity contribution in [1.29, 1.82) is 0 Å². The maximum Gasteiger partial charge on any atom is 0.327 e. The van der Waals surface area contributed by atoms with Crippen LogP contribution < -0.4 is 15.4 Å². The number of carbonyl (C=O) groups is 4. The van der Waals surface area contributed by atoms with Crippen molar-refractivity contribution in [3.8, 4) is 5.75 Å². The number of ether oxygens (including phenoxy) is 2. The van der Waals surface area contributed by atoms with Crippen LogP contribution in [0.4, 0.5) is 10.5 Å². The Hall–Kier alpha value is -3.10. The Balaban J connectivity index is 1.87. The first kappa shape index (κ1) is 20.2. The van der Waals surface area contributed by atoms with Gasteiger partial charge in [0.1, 0.15) is 17.8 Å². The molecule has 0 saturated carbocycles. The molecular formula is C18H23N3O6. The van der Waals surface area contributed by atoms with Gasteiger partial charge in [-0.1, -0.05) is 0 Å². The molecule has 0 aliphatic carbocycles. The number of benzene rings is 1. The normalized spacial score (nSPS) is 16.5. The van der Waals surface area contributed by atoms with E-state index in [1.165, 1.54) is 20.8 Å². The molecule has 9 nitrogen and oxygen atoms in total. The van der Waals surface area contributed by atoms with Gasteiger partial charge >= 0.3 is 12.0 Å². The summed E-state index contributed by atoms with van der Waals surface area (Å²) >= 11 is 0. The first-order valence-corrected chi connectivity index (χ1v) is 8.51. The number of imide groups is 1. The molecule has 0 bridgehead atoms. The fourth-order valence-electron chi connectivity index (χ4n) is 2.42. The highest BCUT2D eigenvalue weighted by atomic mass is 16.5. The minimum absolute atomic E-state index is 0.516. The van der Waals surface area contributed by atoms with E-state index in [1.54, 1.807) is 24.3 Å². The van der Waals surface area contributed by atoms with E-state index >= 15 is 0 Å². The topological polar surface area (TPSA) is 114 Å². The minimum Gasteiger partial charge on any atom is -0.494 e. The molecule has 1 unspecified atom stereocenters. The number of carbonyl (C=O) groups excluding carboxylic acids is 4. The fraction of sp³-hybridized carbons (Fsp3) is 0.444. The van der Waals surface area contributed by atoms with Gasteiger partial charge in [-0.2, -0.15) is 0 Å². The zero-order chi connectivity index (χ0) is 20.2. The van der Waals surface area contributed by atoms with Gasteiger partial charge in [-0.15, -0.1) is 0 Å². The first-order valence-electron chi connectivity index (χ1n) is 8.51. The number of hydrogen-bond acceptors (Lipinski definition) is 6. The predicted octanol–water partition coefficient (Wildman–Crippen LogP) is 1.29. The van der Waals surface area contributed by atoms with Crippen molar-refractivity contribution in [2.75, 3.05) is 18.5 Å². The van der Waals surface area contributed by atoms with Crippen LogP contribution >= 0.6 is 0 Å². The van der Waals surface area contributed by atoms with Gasteiger partial charge in [0.05, 0.1) is 6.61 Å². The highest BCUT2D eigenvalue weighted by molar-refractivity contribution is 6.08. The second kappa shape index (κ2) is 8.07. The third-order valence-corrected chi connectivity index (χ3v) is 3.84. The quantitative estimate of drug-likeness (QED) is 0.547. The summed E-state index contributed by atoms with van der Waals surface area (Å²) in [6.07, 6.45) is -1.10. The maximum absolute atomic E-state index is 12.1. The molecule has 2 N–H and O–H groups in total. The number of nitrogens with one attached hydrogen (secondary N) is 2. The molecule has 1 aromatic rings. The molecule has 146 valence electrons. The SMILES string of the molecule is CCOc1ccc(NC(=O)C(C)OC(=O)CN2C(=O)NC(C)(C)C2=O)cc1. The molecule has 1 heterocycles. The molecule has 9 heteroatoms. The van der Waals surface area contributed by atoms with Crippen molar-refractivity contribution in [2.24, 2.45) is 0 Å². The number of rotatable bonds is 7. The summed E-state index contributed by atoms with van der Waals surface area (Å²) < 4.78 is 10.3. The van der Waals surface area contributed by atoms with Crippen LogP contribution in [-0.2, 0) is 19.1 Å². The van der Waals surface area contributed by atoms with E-state index in [4.69, 9.17) is 9.47 Å². The molecule has 0 radical (unpaired) electrons. The van der Waals surface area contributed by atoms with Gasteiger partial charge in [0.2, 0.25) is 0 Å². The number of anilines is 1. The number of esters is 1. The van der Waals surface area contributed by atoms with Crippen LogP contribution in [0.1, 0.15) is 27.7 Å². The first-order chi connectivity index (χ1) is 12.6. The van der Waals surface area contributed by atoms with Gasteiger partial charge in [-0.3, -0.25) is 19.3 Å². The average Bonchev–Trinajstić information content (AvgIpc) is 2.78. The smallest absolute Gasteiger partial charge is 0.327 e. The standard InChI is InChI=1S/C18H23N3O6/c1-5-26-13-8-6-12(7-9-13)19-15(23)11(2)27-14(22)10-21-16(24)18(3,4)20-17(21)25/h6-9,11H,5,10H2,1-4H3,(H,19,23)(H,20,25). The van der Waals surface area contributed by atoms with E-state index in [0.29, 0.717) is 18.0 Å². The number of hydrogen-bond donors (Lipinski definition) is 2. The van der Waals surface area contributed by atoms with Crippen LogP contribution in [0.15, 0.2) is 24.3 Å². The van der Waals surface area contributed by atoms with Crippen molar-refractivity contribution in [3.63, 3.8) is 0 Å². The Morgan fingerprint density at radius 3 is 2.37 bits per heavy atom. The summed E-state index contributed by atoms with van der Waals surface area (Å²) in [7, 11) is 0. The lowest BCUT2D eigenvalue weighted by molar-refractivity contribution is -0.155. The Morgan fingerprint density at radius 2 is 1.85 bits per heavy atom. The summed E-state index contributed by atoms with van der Waals surface area (Å²) in [6.45, 7) is 6.31. The molecule has 4 amide bonds. The van der Waals surface area contributed by atoms with Gasteiger partial charge in [0.15, 0.2) is 6.10 Å². The lowest BCUT2D eigenvalue weighted by Gasteiger charge is -2.17. The van der Waals surface area contributed by atoms with Crippen molar-refractivity contribution >= 4 is 29.5 Å². The Kier molecular flexibility index (Phi) is 6.04. The zero-order valence-electron chi connectivity index (χ0n) is 15.7. The monoisotopic (exact) mass is 377 g/mol. The van der Waals surface area contributed by atoms with Gasteiger partial charge < -0.3 is 20.1 Å². The number of urea groups is 1. The van der Waals surface area contributed by atoms with Crippen LogP contribution in [0, 0.1) is 0 Å². The van der Waals surface area contributed by atoms with E-state index in [-0.39, 0.29) is 0 Å². The molecule has 1 atom stereocenters. The minimum atomic E-state index is -1.10. The molecule has 1 aliphatic heterocycles. The zero-order valence-corrected chi connectivity index (χ0v) is 15.7. The number of amides is 4. The van der Waals surface area contributed by atoms with Gasteiger partial charge in [0.25, 0.3) is 11.8 Å². The molecule has 27 heavy (non-hydrogen) atoms. The number of nitrogens with zero attached hydrogens (tertiary/aromatic N) is 1. The van der Waals surface area contributed by atoms with Crippen molar-refractivity contribution in [3.05, 3.63) is 24.3 Å². The summed E-state index contributed by atoms with van der Waals surface area (Å²) in [4.78, 5) is 48.7. The molecule has 0 spiro atoms. The molecule has 1 aliphatic rings. The van der Waals surface area contributed by atoms with Crippen LogP contribution in [0.2, 0.25) is 0 Å². The summed E-state index contributed by atoms with van der Waals surface area (Å²) in [5.41, 5.74) is -0.559. The summed E-state index contributed by atoms with van der Waals surface area (Å²) in [6, 6.07) is 6.05. The third kappa shape index (κ3) is 4.96. The Morgan fingerprint density at radius 1 is 1.22 bits per heavy atom. The third-order valence-electron chi connectivity index (χ3n) is 3.84. The van der Waals surface area contributed by atoms with E-state index in [9.17, 15) is 19.2 Å². The van der Waals surface area contributed by atoms with Gasteiger partial charge in [-0.25, -0.2) is 4.79 Å². The molecule has 1 fully saturated rings. The van der Waals surface area contributed by atoms with E-state index in [0.717, 1.165) is 4.90 Å². The second-order valence-corrected chi connectivity index (χ2v) is 6.53. The van der Waals surface area contributed by atoms with E-state index in [2.05, 4.69) is 10.6 Å². The largest absolute Gasteiger partial charge is 0.494 e. The lowest BCUT2D eigenvalue weighted by Crippen LogP contribution is -2.42. The molecule has 1 aromatic carbocycles. The van der Waals surface area contributed by atoms with Crippen molar-refractivity contribution in [1.82, 2.24) is 10.2 Å². The molecule has 1 saturated heterocycles. The molecule has 0 aromatic heterocycles. The second-order valence-electron chi connectivity index (χ2n) is 6.53. The average molecular weight is 377 g/mol. The highest BCUT2D eigenvalue weighted by Crippen LogP contribution is 2.17. The predicted molar refractivity (Wildman–Crippen MR) is 96.1 cm³/mol. The summed E-state index contributed by atoms with van der Waals surface area (Å²) in [5.74, 6) is -1.25. The van der Waals surface area contributed by atoms with Crippen LogP contribution in [0.5, 0.6) is 5.75 Å². The lowest BCUT2D eigenvalue weighted by atomic mass is 10.1. The van der Waals surface area contributed by atoms with Crippen LogP contribution in [-0.4, -0.2) is 53.5 Å². The van der Waals surface area contributed by atoms with Crippen molar-refractivity contribution in [2.45, 2.75) is 39.3 Å². The van der Waals surface area contributed by atoms with Gasteiger partial charge in [0, 0.05) is 5.69 Å². The van der Waals surface area contributed by atoms with Crippen molar-refractivity contribution < 1.29 is 28.7 Å². The van der Waals surface area contributed by atoms with E-state index < -0.39 is 42.0 Å². The molecular weight excluding hydrogens is 354 g/mol. The van der Waals surface area contributed by atoms with E-state index in [1.807, 2.05) is 6.92 Å². The maximum atomic E-state index is 12.1. The fourth-order valence-corrected chi connectivity index (χ4v) is 2.42. The van der Waals surface area contributed by atoms with Gasteiger partial charge in [-0.05, 0) is 52.0 Å². The molecule has 2 rings (SSSR count). The highest BCUT2D eigenvalue weighted by Gasteiger charge is 2.45. The summed E-state index contributed by atoms with van der Waals surface area (Å²) in [5, 5.41) is 5.07. The van der Waals surface area contributed by atoms with Crippen LogP contribution in [0.3, 0.4) is 0 Å². The Bertz CT molecular complexity index is 744. The van der Waals surface area contributed by atoms with Crippen LogP contribution in [0.25, 0.3) is 0 Å².